The third kappa shape index (κ3) is 4.74. The molecule has 0 aromatic heterocycles. The molecule has 1 aliphatic heterocycles. The molecule has 0 spiro atoms. The minimum Gasteiger partial charge on any atom is -0.355 e. The van der Waals surface area contributed by atoms with E-state index in [9.17, 15) is 4.79 Å². The summed E-state index contributed by atoms with van der Waals surface area (Å²) in [6.07, 6.45) is 8.29. The molecule has 0 radical (unpaired) electrons. The Kier molecular flexibility index (Phi) is 6.30. The summed E-state index contributed by atoms with van der Waals surface area (Å²) >= 11 is 0. The Balaban J connectivity index is 1.66. The third-order valence-corrected chi connectivity index (χ3v) is 4.97. The van der Waals surface area contributed by atoms with Gasteiger partial charge < -0.3 is 16.0 Å². The topological polar surface area (TPSA) is 58.4 Å². The van der Waals surface area contributed by atoms with Crippen LogP contribution in [0.25, 0.3) is 0 Å². The van der Waals surface area contributed by atoms with Crippen LogP contribution in [-0.4, -0.2) is 43.0 Å². The quantitative estimate of drug-likeness (QED) is 0.825. The molecule has 2 rings (SSSR count). The summed E-state index contributed by atoms with van der Waals surface area (Å²) in [5.74, 6) is 0.857. The fourth-order valence-electron chi connectivity index (χ4n) is 3.66. The number of nitrogens with zero attached hydrogens (tertiary/aromatic N) is 1. The molecule has 3 atom stereocenters. The van der Waals surface area contributed by atoms with Crippen LogP contribution in [0, 0.1) is 11.8 Å². The highest BCUT2D eigenvalue weighted by atomic mass is 16.1. The summed E-state index contributed by atoms with van der Waals surface area (Å²) < 4.78 is 0. The van der Waals surface area contributed by atoms with Gasteiger partial charge >= 0.3 is 0 Å². The maximum atomic E-state index is 12.3. The lowest BCUT2D eigenvalue weighted by molar-refractivity contribution is -0.127. The van der Waals surface area contributed by atoms with Gasteiger partial charge in [-0.15, -0.1) is 0 Å². The van der Waals surface area contributed by atoms with Crippen molar-refractivity contribution in [3.05, 3.63) is 0 Å². The molecular formula is C16H31N3O. The first-order valence-electron chi connectivity index (χ1n) is 8.42. The Morgan fingerprint density at radius 1 is 1.20 bits per heavy atom. The third-order valence-electron chi connectivity index (χ3n) is 4.97. The summed E-state index contributed by atoms with van der Waals surface area (Å²) in [4.78, 5) is 14.7. The average molecular weight is 281 g/mol. The largest absolute Gasteiger partial charge is 0.355 e. The molecule has 2 aliphatic rings. The molecule has 0 aromatic rings. The molecule has 0 aromatic carbocycles. The van der Waals surface area contributed by atoms with E-state index in [0.717, 1.165) is 32.4 Å². The van der Waals surface area contributed by atoms with Crippen LogP contribution < -0.4 is 11.1 Å². The molecule has 3 unspecified atom stereocenters. The highest BCUT2D eigenvalue weighted by Gasteiger charge is 2.30. The number of carbonyl (C=O) groups excluding carboxylic acids is 1. The second kappa shape index (κ2) is 7.99. The first-order valence-corrected chi connectivity index (χ1v) is 8.42. The zero-order chi connectivity index (χ0) is 14.4. The Morgan fingerprint density at radius 2 is 1.90 bits per heavy atom. The van der Waals surface area contributed by atoms with Crippen LogP contribution in [0.5, 0.6) is 0 Å². The Bertz CT molecular complexity index is 300. The maximum Gasteiger partial charge on any atom is 0.223 e. The summed E-state index contributed by atoms with van der Waals surface area (Å²) in [5.41, 5.74) is 5.96. The van der Waals surface area contributed by atoms with Crippen molar-refractivity contribution in [2.45, 2.75) is 57.9 Å². The molecule has 0 bridgehead atoms. The van der Waals surface area contributed by atoms with Crippen LogP contribution in [0.15, 0.2) is 0 Å². The number of hydrogen-bond acceptors (Lipinski definition) is 3. The van der Waals surface area contributed by atoms with Gasteiger partial charge in [-0.3, -0.25) is 4.79 Å². The number of carbonyl (C=O) groups is 1. The van der Waals surface area contributed by atoms with E-state index in [1.54, 1.807) is 0 Å². The molecule has 1 heterocycles. The van der Waals surface area contributed by atoms with Gasteiger partial charge in [0.1, 0.15) is 0 Å². The van der Waals surface area contributed by atoms with Crippen molar-refractivity contribution in [2.24, 2.45) is 17.6 Å². The second-order valence-electron chi connectivity index (χ2n) is 6.70. The van der Waals surface area contributed by atoms with E-state index < -0.39 is 0 Å². The number of amides is 1. The van der Waals surface area contributed by atoms with E-state index in [0.29, 0.717) is 12.0 Å². The van der Waals surface area contributed by atoms with Crippen LogP contribution in [0.3, 0.4) is 0 Å². The molecule has 2 fully saturated rings. The van der Waals surface area contributed by atoms with E-state index in [-0.39, 0.29) is 11.8 Å². The Labute approximate surface area is 123 Å². The zero-order valence-corrected chi connectivity index (χ0v) is 12.9. The molecule has 1 saturated carbocycles. The highest BCUT2D eigenvalue weighted by molar-refractivity contribution is 5.79. The molecule has 4 nitrogen and oxygen atoms in total. The molecule has 4 heteroatoms. The fraction of sp³-hybridized carbons (Fsp3) is 0.938. The van der Waals surface area contributed by atoms with E-state index in [1.165, 1.54) is 38.8 Å². The smallest absolute Gasteiger partial charge is 0.223 e. The number of hydrogen-bond donors (Lipinski definition) is 2. The van der Waals surface area contributed by atoms with Gasteiger partial charge in [0.15, 0.2) is 0 Å². The fourth-order valence-corrected chi connectivity index (χ4v) is 3.66. The van der Waals surface area contributed by atoms with Gasteiger partial charge in [-0.1, -0.05) is 19.8 Å². The number of likely N-dealkylation sites (tertiary alicyclic amines) is 1. The van der Waals surface area contributed by atoms with Crippen LogP contribution in [0.2, 0.25) is 0 Å². The number of rotatable bonds is 4. The van der Waals surface area contributed by atoms with Crippen molar-refractivity contribution in [3.8, 4) is 0 Å². The van der Waals surface area contributed by atoms with Crippen molar-refractivity contribution in [1.82, 2.24) is 10.2 Å². The van der Waals surface area contributed by atoms with Crippen molar-refractivity contribution < 1.29 is 4.79 Å². The number of nitrogens with two attached hydrogens (primary N) is 1. The molecule has 1 aliphatic carbocycles. The molecule has 3 N–H and O–H groups in total. The Morgan fingerprint density at radius 3 is 2.55 bits per heavy atom. The monoisotopic (exact) mass is 281 g/mol. The Hall–Kier alpha value is -0.610. The molecular weight excluding hydrogens is 250 g/mol. The van der Waals surface area contributed by atoms with Gasteiger partial charge in [-0.05, 0) is 51.1 Å². The normalized spacial score (nSPS) is 32.6. The van der Waals surface area contributed by atoms with Crippen molar-refractivity contribution in [1.29, 1.82) is 0 Å². The van der Waals surface area contributed by atoms with Crippen LogP contribution in [-0.2, 0) is 4.79 Å². The van der Waals surface area contributed by atoms with E-state index in [4.69, 9.17) is 5.73 Å². The minimum absolute atomic E-state index is 0.180. The van der Waals surface area contributed by atoms with Gasteiger partial charge in [0.25, 0.3) is 0 Å². The van der Waals surface area contributed by atoms with E-state index >= 15 is 0 Å². The first-order chi connectivity index (χ1) is 9.66. The number of nitrogens with one attached hydrogen (secondary N) is 1. The van der Waals surface area contributed by atoms with E-state index in [1.807, 2.05) is 0 Å². The lowest BCUT2D eigenvalue weighted by atomic mass is 9.78. The van der Waals surface area contributed by atoms with Crippen LogP contribution in [0.1, 0.15) is 51.9 Å². The van der Waals surface area contributed by atoms with Gasteiger partial charge in [0.2, 0.25) is 5.91 Å². The molecule has 1 amide bonds. The predicted molar refractivity (Wildman–Crippen MR) is 82.4 cm³/mol. The van der Waals surface area contributed by atoms with E-state index in [2.05, 4.69) is 17.1 Å². The summed E-state index contributed by atoms with van der Waals surface area (Å²) in [6.45, 7) is 6.37. The summed E-state index contributed by atoms with van der Waals surface area (Å²) in [7, 11) is 0. The standard InChI is InChI=1S/C16H31N3O/c1-13-12-14(17)6-7-15(13)16(20)18-8-11-19-9-4-2-3-5-10-19/h13-15H,2-12,17H2,1H3,(H,18,20). The predicted octanol–water partition coefficient (Wildman–Crippen LogP) is 1.74. The maximum absolute atomic E-state index is 12.3. The summed E-state index contributed by atoms with van der Waals surface area (Å²) in [5, 5.41) is 3.14. The minimum atomic E-state index is 0.180. The van der Waals surface area contributed by atoms with Crippen molar-refractivity contribution >= 4 is 5.91 Å². The van der Waals surface area contributed by atoms with Crippen LogP contribution in [0.4, 0.5) is 0 Å². The molecule has 116 valence electrons. The average Bonchev–Trinajstić information content (AvgIpc) is 2.67. The zero-order valence-electron chi connectivity index (χ0n) is 12.9. The van der Waals surface area contributed by atoms with Crippen molar-refractivity contribution in [2.75, 3.05) is 26.2 Å². The van der Waals surface area contributed by atoms with Crippen LogP contribution >= 0.6 is 0 Å². The summed E-state index contributed by atoms with van der Waals surface area (Å²) in [6, 6.07) is 0.297. The van der Waals surface area contributed by atoms with Gasteiger partial charge in [-0.25, -0.2) is 0 Å². The van der Waals surface area contributed by atoms with Gasteiger partial charge in [-0.2, -0.15) is 0 Å². The molecule has 20 heavy (non-hydrogen) atoms. The lowest BCUT2D eigenvalue weighted by Gasteiger charge is -2.31. The second-order valence-corrected chi connectivity index (χ2v) is 6.70. The first kappa shape index (κ1) is 15.8. The van der Waals surface area contributed by atoms with Gasteiger partial charge in [0, 0.05) is 25.0 Å². The van der Waals surface area contributed by atoms with Crippen molar-refractivity contribution in [3.63, 3.8) is 0 Å². The molecule has 1 saturated heterocycles. The highest BCUT2D eigenvalue weighted by Crippen LogP contribution is 2.29. The SMILES string of the molecule is CC1CC(N)CCC1C(=O)NCCN1CCCCCC1. The van der Waals surface area contributed by atoms with Gasteiger partial charge in [0.05, 0.1) is 0 Å². The lowest BCUT2D eigenvalue weighted by Crippen LogP contribution is -2.43.